The highest BCUT2D eigenvalue weighted by molar-refractivity contribution is 6.42. The minimum Gasteiger partial charge on any atom is -0.389 e. The average molecular weight is 331 g/mol. The fraction of sp³-hybridized carbons (Fsp3) is 0.625. The van der Waals surface area contributed by atoms with E-state index in [1.54, 1.807) is 0 Å². The van der Waals surface area contributed by atoms with Crippen molar-refractivity contribution in [3.05, 3.63) is 33.8 Å². The van der Waals surface area contributed by atoms with Gasteiger partial charge in [-0.2, -0.15) is 0 Å². The molecule has 1 N–H and O–H groups in total. The van der Waals surface area contributed by atoms with Gasteiger partial charge in [0.25, 0.3) is 0 Å². The molecule has 1 aromatic rings. The van der Waals surface area contributed by atoms with Crippen LogP contribution in [0.2, 0.25) is 10.0 Å². The van der Waals surface area contributed by atoms with Gasteiger partial charge in [-0.05, 0) is 38.0 Å². The van der Waals surface area contributed by atoms with Crippen molar-refractivity contribution < 1.29 is 5.11 Å². The molecular weight excluding hydrogens is 307 g/mol. The van der Waals surface area contributed by atoms with Crippen molar-refractivity contribution in [1.29, 1.82) is 0 Å². The summed E-state index contributed by atoms with van der Waals surface area (Å²) < 4.78 is 0. The summed E-state index contributed by atoms with van der Waals surface area (Å²) in [6.07, 6.45) is 0.988. The predicted molar refractivity (Wildman–Crippen MR) is 89.3 cm³/mol. The number of nitrogens with zero attached hydrogens (tertiary/aromatic N) is 2. The molecule has 1 aromatic carbocycles. The number of hydrogen-bond donors (Lipinski definition) is 1. The Morgan fingerprint density at radius 2 is 1.67 bits per heavy atom. The van der Waals surface area contributed by atoms with Crippen LogP contribution in [0.25, 0.3) is 0 Å². The Morgan fingerprint density at radius 3 is 2.24 bits per heavy atom. The van der Waals surface area contributed by atoms with Crippen LogP contribution in [0.15, 0.2) is 18.2 Å². The number of aliphatic hydroxyl groups is 1. The van der Waals surface area contributed by atoms with Crippen LogP contribution < -0.4 is 0 Å². The summed E-state index contributed by atoms with van der Waals surface area (Å²) in [5, 5.41) is 11.1. The Balaban J connectivity index is 1.75. The molecule has 0 bridgehead atoms. The van der Waals surface area contributed by atoms with E-state index in [0.717, 1.165) is 45.7 Å². The standard InChI is InChI=1S/C16H24Cl2N2O/c1-16(2,21)12-20-9-7-19(8-10-20)6-5-13-3-4-14(17)15(18)11-13/h3-4,11,21H,5-10,12H2,1-2H3. The zero-order valence-corrected chi connectivity index (χ0v) is 14.3. The van der Waals surface area contributed by atoms with Gasteiger partial charge >= 0.3 is 0 Å². The molecule has 0 spiro atoms. The molecule has 1 aliphatic heterocycles. The fourth-order valence-corrected chi connectivity index (χ4v) is 3.02. The summed E-state index contributed by atoms with van der Waals surface area (Å²) in [5.74, 6) is 0. The maximum atomic E-state index is 9.86. The molecule has 5 heteroatoms. The minimum absolute atomic E-state index is 0.609. The average Bonchev–Trinajstić information content (AvgIpc) is 2.40. The van der Waals surface area contributed by atoms with E-state index in [-0.39, 0.29) is 0 Å². The molecule has 1 aliphatic rings. The molecule has 1 heterocycles. The van der Waals surface area contributed by atoms with E-state index in [2.05, 4.69) is 9.80 Å². The molecule has 0 unspecified atom stereocenters. The molecule has 2 rings (SSSR count). The molecule has 0 atom stereocenters. The van der Waals surface area contributed by atoms with E-state index in [0.29, 0.717) is 10.0 Å². The normalized spacial score (nSPS) is 18.1. The first-order chi connectivity index (χ1) is 9.83. The van der Waals surface area contributed by atoms with Gasteiger partial charge in [0.1, 0.15) is 0 Å². The van der Waals surface area contributed by atoms with Crippen molar-refractivity contribution in [3.8, 4) is 0 Å². The summed E-state index contributed by atoms with van der Waals surface area (Å²) in [7, 11) is 0. The Bertz CT molecular complexity index is 466. The van der Waals surface area contributed by atoms with E-state index in [4.69, 9.17) is 23.2 Å². The van der Waals surface area contributed by atoms with Gasteiger partial charge in [-0.25, -0.2) is 0 Å². The minimum atomic E-state index is -0.609. The summed E-state index contributed by atoms with van der Waals surface area (Å²) in [4.78, 5) is 4.79. The highest BCUT2D eigenvalue weighted by Gasteiger charge is 2.22. The third-order valence-electron chi connectivity index (χ3n) is 3.78. The van der Waals surface area contributed by atoms with E-state index in [9.17, 15) is 5.11 Å². The molecule has 3 nitrogen and oxygen atoms in total. The summed E-state index contributed by atoms with van der Waals surface area (Å²) in [5.41, 5.74) is 0.616. The second kappa shape index (κ2) is 7.30. The highest BCUT2D eigenvalue weighted by Crippen LogP contribution is 2.23. The third kappa shape index (κ3) is 5.76. The Morgan fingerprint density at radius 1 is 1.05 bits per heavy atom. The maximum Gasteiger partial charge on any atom is 0.0718 e. The second-order valence-corrected chi connectivity index (χ2v) is 7.24. The zero-order chi connectivity index (χ0) is 15.5. The van der Waals surface area contributed by atoms with Gasteiger partial charge in [0.05, 0.1) is 15.6 Å². The smallest absolute Gasteiger partial charge is 0.0718 e. The van der Waals surface area contributed by atoms with Crippen LogP contribution in [-0.4, -0.2) is 59.8 Å². The number of benzene rings is 1. The monoisotopic (exact) mass is 330 g/mol. The maximum absolute atomic E-state index is 9.86. The number of rotatable bonds is 5. The molecule has 0 saturated carbocycles. The first-order valence-corrected chi connectivity index (χ1v) is 8.20. The molecule has 118 valence electrons. The van der Waals surface area contributed by atoms with Crippen LogP contribution in [0.1, 0.15) is 19.4 Å². The van der Waals surface area contributed by atoms with Gasteiger partial charge in [-0.3, -0.25) is 4.90 Å². The number of hydrogen-bond acceptors (Lipinski definition) is 3. The van der Waals surface area contributed by atoms with Crippen molar-refractivity contribution in [1.82, 2.24) is 9.80 Å². The molecule has 0 amide bonds. The lowest BCUT2D eigenvalue weighted by molar-refractivity contribution is 0.0180. The van der Waals surface area contributed by atoms with Crippen molar-refractivity contribution in [2.45, 2.75) is 25.9 Å². The molecule has 0 aliphatic carbocycles. The highest BCUT2D eigenvalue weighted by atomic mass is 35.5. The van der Waals surface area contributed by atoms with Crippen LogP contribution in [0.5, 0.6) is 0 Å². The largest absolute Gasteiger partial charge is 0.389 e. The lowest BCUT2D eigenvalue weighted by Gasteiger charge is -2.37. The lowest BCUT2D eigenvalue weighted by atomic mass is 10.1. The van der Waals surface area contributed by atoms with Crippen molar-refractivity contribution in [3.63, 3.8) is 0 Å². The Labute approximate surface area is 137 Å². The van der Waals surface area contributed by atoms with Gasteiger partial charge in [-0.15, -0.1) is 0 Å². The molecule has 1 saturated heterocycles. The van der Waals surface area contributed by atoms with Crippen LogP contribution in [-0.2, 0) is 6.42 Å². The molecule has 0 radical (unpaired) electrons. The zero-order valence-electron chi connectivity index (χ0n) is 12.8. The van der Waals surface area contributed by atoms with Crippen LogP contribution in [0.3, 0.4) is 0 Å². The van der Waals surface area contributed by atoms with Crippen molar-refractivity contribution in [2.24, 2.45) is 0 Å². The van der Waals surface area contributed by atoms with E-state index in [1.165, 1.54) is 5.56 Å². The number of piperazine rings is 1. The summed E-state index contributed by atoms with van der Waals surface area (Å²) in [6, 6.07) is 5.85. The summed E-state index contributed by atoms with van der Waals surface area (Å²) in [6.45, 7) is 9.65. The lowest BCUT2D eigenvalue weighted by Crippen LogP contribution is -2.50. The van der Waals surface area contributed by atoms with Gasteiger partial charge < -0.3 is 10.0 Å². The third-order valence-corrected chi connectivity index (χ3v) is 4.52. The van der Waals surface area contributed by atoms with E-state index >= 15 is 0 Å². The van der Waals surface area contributed by atoms with Crippen molar-refractivity contribution >= 4 is 23.2 Å². The van der Waals surface area contributed by atoms with Crippen LogP contribution in [0.4, 0.5) is 0 Å². The Hall–Kier alpha value is -0.320. The van der Waals surface area contributed by atoms with Gasteiger partial charge in [0.15, 0.2) is 0 Å². The number of β-amino-alcohol motifs (C(OH)–C–C–N with tert-alkyl or cyclic N) is 1. The van der Waals surface area contributed by atoms with Gasteiger partial charge in [0.2, 0.25) is 0 Å². The first kappa shape index (κ1) is 17.0. The molecular formula is C16H24Cl2N2O. The molecule has 0 aromatic heterocycles. The molecule has 21 heavy (non-hydrogen) atoms. The van der Waals surface area contributed by atoms with Crippen LogP contribution in [0, 0.1) is 0 Å². The van der Waals surface area contributed by atoms with Crippen LogP contribution >= 0.6 is 23.2 Å². The van der Waals surface area contributed by atoms with E-state index in [1.807, 2.05) is 32.0 Å². The first-order valence-electron chi connectivity index (χ1n) is 7.44. The number of halogens is 2. The fourth-order valence-electron chi connectivity index (χ4n) is 2.70. The second-order valence-electron chi connectivity index (χ2n) is 6.43. The SMILES string of the molecule is CC(C)(O)CN1CCN(CCc2ccc(Cl)c(Cl)c2)CC1. The Kier molecular flexibility index (Phi) is 5.92. The predicted octanol–water partition coefficient (Wildman–Crippen LogP) is 2.92. The topological polar surface area (TPSA) is 26.7 Å². The summed E-state index contributed by atoms with van der Waals surface area (Å²) >= 11 is 12.0. The van der Waals surface area contributed by atoms with Crippen molar-refractivity contribution in [2.75, 3.05) is 39.3 Å². The van der Waals surface area contributed by atoms with Gasteiger partial charge in [0, 0.05) is 39.3 Å². The quantitative estimate of drug-likeness (QED) is 0.899. The van der Waals surface area contributed by atoms with Gasteiger partial charge in [-0.1, -0.05) is 29.3 Å². The van der Waals surface area contributed by atoms with E-state index < -0.39 is 5.60 Å². The molecule has 1 fully saturated rings.